The number of alkyl halides is 2. The van der Waals surface area contributed by atoms with Crippen LogP contribution < -0.4 is 10.9 Å². The molecule has 1 fully saturated rings. The molecule has 0 spiro atoms. The maximum atomic E-state index is 13.6. The number of carbonyl (C=O) groups excluding carboxylic acids is 1. The molecule has 236 valence electrons. The van der Waals surface area contributed by atoms with Crippen LogP contribution in [0.1, 0.15) is 36.4 Å². The summed E-state index contributed by atoms with van der Waals surface area (Å²) in [7, 11) is 1.92. The standard InChI is InChI=1S/C28H30ClF3N8O3.ClH/c1-33-18-9-16-8-17(10-20(29)19(16)11-18)22-13-34-26-27(42)38(15-35-40(22)26)14-28(43)3-6-37(7-4-28)24(41)12-21(25(31)32)39-5-2-23(30)36-39;/h2,5,8,10,13,15,18,21,25,33,43H,3-4,6-7,9,11-12,14H2,1H3;1H. The second kappa shape index (κ2) is 12.5. The molecule has 3 aromatic heterocycles. The van der Waals surface area contributed by atoms with Crippen LogP contribution in [0.25, 0.3) is 16.9 Å². The summed E-state index contributed by atoms with van der Waals surface area (Å²) in [5, 5.41) is 23.0. The van der Waals surface area contributed by atoms with Crippen LogP contribution in [0.2, 0.25) is 5.02 Å². The second-order valence-electron chi connectivity index (χ2n) is 11.3. The number of hydrogen-bond donors (Lipinski definition) is 2. The summed E-state index contributed by atoms with van der Waals surface area (Å²) in [5.74, 6) is -1.47. The van der Waals surface area contributed by atoms with Crippen LogP contribution in [-0.4, -0.2) is 83.1 Å². The fourth-order valence-electron chi connectivity index (χ4n) is 6.01. The molecule has 4 heterocycles. The zero-order valence-corrected chi connectivity index (χ0v) is 25.2. The minimum Gasteiger partial charge on any atom is -0.388 e. The molecule has 16 heteroatoms. The Labute approximate surface area is 261 Å². The average molecular weight is 656 g/mol. The number of piperidine rings is 1. The van der Waals surface area contributed by atoms with Crippen molar-refractivity contribution in [3.63, 3.8) is 0 Å². The van der Waals surface area contributed by atoms with Gasteiger partial charge in [0.05, 0.1) is 30.5 Å². The molecule has 0 radical (unpaired) electrons. The Balaban J connectivity index is 0.00000384. The zero-order valence-electron chi connectivity index (χ0n) is 23.7. The maximum absolute atomic E-state index is 13.6. The van der Waals surface area contributed by atoms with Gasteiger partial charge >= 0.3 is 0 Å². The minimum atomic E-state index is -2.92. The van der Waals surface area contributed by atoms with Crippen molar-refractivity contribution in [2.45, 2.75) is 62.8 Å². The fourth-order valence-corrected chi connectivity index (χ4v) is 6.32. The highest BCUT2D eigenvalue weighted by Gasteiger charge is 2.37. The normalized spacial score (nSPS) is 18.4. The topological polar surface area (TPSA) is 123 Å². The molecule has 4 aromatic rings. The highest BCUT2D eigenvalue weighted by atomic mass is 35.5. The number of halogens is 5. The van der Waals surface area contributed by atoms with Crippen molar-refractivity contribution < 1.29 is 23.1 Å². The van der Waals surface area contributed by atoms with E-state index in [-0.39, 0.29) is 50.5 Å². The number of carbonyl (C=O) groups is 1. The largest absolute Gasteiger partial charge is 0.388 e. The van der Waals surface area contributed by atoms with E-state index in [1.54, 1.807) is 6.20 Å². The van der Waals surface area contributed by atoms with Gasteiger partial charge in [0.2, 0.25) is 17.5 Å². The molecule has 1 saturated heterocycles. The number of imidazole rings is 1. The first-order chi connectivity index (χ1) is 20.5. The van der Waals surface area contributed by atoms with Crippen LogP contribution in [-0.2, 0) is 24.2 Å². The van der Waals surface area contributed by atoms with Gasteiger partial charge in [-0.25, -0.2) is 18.3 Å². The number of rotatable bonds is 8. The first-order valence-electron chi connectivity index (χ1n) is 14.0. The Morgan fingerprint density at radius 3 is 2.66 bits per heavy atom. The molecule has 0 bridgehead atoms. The van der Waals surface area contributed by atoms with Gasteiger partial charge in [-0.1, -0.05) is 11.6 Å². The lowest BCUT2D eigenvalue weighted by atomic mass is 9.91. The molecule has 44 heavy (non-hydrogen) atoms. The number of likely N-dealkylation sites (tertiary alicyclic amines) is 1. The van der Waals surface area contributed by atoms with Gasteiger partial charge in [0, 0.05) is 42.0 Å². The summed E-state index contributed by atoms with van der Waals surface area (Å²) < 4.78 is 43.9. The van der Waals surface area contributed by atoms with Gasteiger partial charge in [0.1, 0.15) is 12.4 Å². The number of nitrogens with one attached hydrogen (secondary N) is 1. The molecule has 1 amide bonds. The predicted octanol–water partition coefficient (Wildman–Crippen LogP) is 2.91. The van der Waals surface area contributed by atoms with Crippen molar-refractivity contribution in [1.29, 1.82) is 0 Å². The number of aromatic nitrogens is 6. The van der Waals surface area contributed by atoms with Crippen LogP contribution in [0, 0.1) is 5.95 Å². The van der Waals surface area contributed by atoms with E-state index in [0.29, 0.717) is 16.8 Å². The average Bonchev–Trinajstić information content (AvgIpc) is 3.71. The molecule has 1 aliphatic carbocycles. The van der Waals surface area contributed by atoms with Gasteiger partial charge in [-0.3, -0.25) is 18.8 Å². The highest BCUT2D eigenvalue weighted by molar-refractivity contribution is 6.31. The van der Waals surface area contributed by atoms with Crippen molar-refractivity contribution in [2.24, 2.45) is 0 Å². The number of benzene rings is 1. The summed E-state index contributed by atoms with van der Waals surface area (Å²) in [6.45, 7) is 0.121. The Morgan fingerprint density at radius 2 is 2.00 bits per heavy atom. The first kappa shape index (κ1) is 31.9. The van der Waals surface area contributed by atoms with Crippen LogP contribution in [0.4, 0.5) is 13.2 Å². The Kier molecular flexibility index (Phi) is 9.08. The van der Waals surface area contributed by atoms with Crippen LogP contribution in [0.3, 0.4) is 0 Å². The van der Waals surface area contributed by atoms with E-state index in [1.807, 2.05) is 19.2 Å². The molecule has 2 aliphatic rings. The smallest absolute Gasteiger partial charge is 0.296 e. The van der Waals surface area contributed by atoms with Gasteiger partial charge in [0.25, 0.3) is 12.0 Å². The number of likely N-dealkylation sites (N-methyl/N-ethyl adjacent to an activating group) is 1. The summed E-state index contributed by atoms with van der Waals surface area (Å²) >= 11 is 6.60. The summed E-state index contributed by atoms with van der Waals surface area (Å²) in [4.78, 5) is 31.8. The summed E-state index contributed by atoms with van der Waals surface area (Å²) in [6.07, 6.45) is 2.42. The van der Waals surface area contributed by atoms with Gasteiger partial charge in [-0.05, 0) is 56.0 Å². The maximum Gasteiger partial charge on any atom is 0.296 e. The molecule has 2 atom stereocenters. The number of fused-ring (bicyclic) bond motifs is 2. The summed E-state index contributed by atoms with van der Waals surface area (Å²) in [6, 6.07) is 3.55. The Morgan fingerprint density at radius 1 is 1.25 bits per heavy atom. The monoisotopic (exact) mass is 654 g/mol. The quantitative estimate of drug-likeness (QED) is 0.300. The number of amides is 1. The van der Waals surface area contributed by atoms with Crippen molar-refractivity contribution in [3.8, 4) is 11.3 Å². The molecular formula is C28H31Cl2F3N8O3. The van der Waals surface area contributed by atoms with E-state index in [0.717, 1.165) is 46.5 Å². The van der Waals surface area contributed by atoms with E-state index in [4.69, 9.17) is 11.6 Å². The number of hydrogen-bond acceptors (Lipinski definition) is 7. The van der Waals surface area contributed by atoms with E-state index < -0.39 is 41.9 Å². The zero-order chi connectivity index (χ0) is 30.5. The number of nitrogens with zero attached hydrogens (tertiary/aromatic N) is 7. The third-order valence-corrected chi connectivity index (χ3v) is 8.84. The highest BCUT2D eigenvalue weighted by Crippen LogP contribution is 2.34. The molecule has 1 aromatic carbocycles. The molecular weight excluding hydrogens is 624 g/mol. The van der Waals surface area contributed by atoms with Crippen molar-refractivity contribution in [2.75, 3.05) is 20.1 Å². The van der Waals surface area contributed by atoms with E-state index >= 15 is 0 Å². The molecule has 2 unspecified atom stereocenters. The van der Waals surface area contributed by atoms with E-state index in [1.165, 1.54) is 20.3 Å². The second-order valence-corrected chi connectivity index (χ2v) is 11.7. The fraction of sp³-hybridized carbons (Fsp3) is 0.464. The molecule has 6 rings (SSSR count). The molecule has 1 aliphatic heterocycles. The lowest BCUT2D eigenvalue weighted by molar-refractivity contribution is -0.138. The summed E-state index contributed by atoms with van der Waals surface area (Å²) in [5.41, 5.74) is 1.96. The van der Waals surface area contributed by atoms with E-state index in [9.17, 15) is 27.9 Å². The Bertz CT molecular complexity index is 1730. The van der Waals surface area contributed by atoms with Gasteiger partial charge < -0.3 is 15.3 Å². The molecule has 0 saturated carbocycles. The SMILES string of the molecule is CNC1Cc2cc(-c3cnc4c(=O)n(CC5(O)CCN(C(=O)CC(C(F)F)n6ccc(F)n6)CC5)cnn34)cc(Cl)c2C1.Cl. The van der Waals surface area contributed by atoms with Gasteiger partial charge in [-0.2, -0.15) is 9.49 Å². The lowest BCUT2D eigenvalue weighted by Gasteiger charge is -2.38. The molecule has 11 nitrogen and oxygen atoms in total. The third kappa shape index (κ3) is 6.08. The molecule has 2 N–H and O–H groups in total. The van der Waals surface area contributed by atoms with Crippen LogP contribution in [0.5, 0.6) is 0 Å². The van der Waals surface area contributed by atoms with Crippen molar-refractivity contribution in [1.82, 2.24) is 39.2 Å². The van der Waals surface area contributed by atoms with Crippen LogP contribution in [0.15, 0.2) is 41.7 Å². The lowest BCUT2D eigenvalue weighted by Crippen LogP contribution is -2.50. The van der Waals surface area contributed by atoms with Gasteiger partial charge in [-0.15, -0.1) is 17.5 Å². The van der Waals surface area contributed by atoms with E-state index in [2.05, 4.69) is 20.5 Å². The van der Waals surface area contributed by atoms with Crippen molar-refractivity contribution in [3.05, 3.63) is 69.4 Å². The third-order valence-electron chi connectivity index (χ3n) is 8.51. The van der Waals surface area contributed by atoms with Crippen LogP contribution >= 0.6 is 24.0 Å². The predicted molar refractivity (Wildman–Crippen MR) is 158 cm³/mol. The minimum absolute atomic E-state index is 0. The number of aliphatic hydroxyl groups is 1. The first-order valence-corrected chi connectivity index (χ1v) is 14.3. The Hall–Kier alpha value is -3.46. The van der Waals surface area contributed by atoms with Crippen molar-refractivity contribution >= 4 is 35.6 Å². The van der Waals surface area contributed by atoms with Gasteiger partial charge in [0.15, 0.2) is 0 Å².